The van der Waals surface area contributed by atoms with Crippen molar-refractivity contribution in [2.75, 3.05) is 5.75 Å². The van der Waals surface area contributed by atoms with E-state index in [1.807, 2.05) is 11.8 Å². The summed E-state index contributed by atoms with van der Waals surface area (Å²) in [6.07, 6.45) is 9.59. The van der Waals surface area contributed by atoms with Crippen LogP contribution in [-0.4, -0.2) is 15.7 Å². The largest absolute Gasteiger partial charge is 0.333 e. The third kappa shape index (κ3) is 4.86. The molecule has 0 bridgehead atoms. The summed E-state index contributed by atoms with van der Waals surface area (Å²) < 4.78 is 0. The molecule has 2 rings (SSSR count). The second-order valence-electron chi connectivity index (χ2n) is 5.53. The maximum absolute atomic E-state index is 4.62. The maximum Gasteiger partial charge on any atom is 0.166 e. The van der Waals surface area contributed by atoms with Crippen LogP contribution in [0.3, 0.4) is 0 Å². The van der Waals surface area contributed by atoms with Gasteiger partial charge in [-0.05, 0) is 31.0 Å². The Kier molecular flexibility index (Phi) is 6.44. The molecule has 0 radical (unpaired) electrons. The van der Waals surface area contributed by atoms with Crippen molar-refractivity contribution in [1.82, 2.24) is 9.97 Å². The summed E-state index contributed by atoms with van der Waals surface area (Å²) in [5.74, 6) is 1.17. The molecule has 0 aliphatic heterocycles. The third-order valence-corrected chi connectivity index (χ3v) is 4.56. The highest BCUT2D eigenvalue weighted by molar-refractivity contribution is 7.99. The molecule has 3 heteroatoms. The van der Waals surface area contributed by atoms with Crippen LogP contribution in [0, 0.1) is 6.92 Å². The predicted octanol–water partition coefficient (Wildman–Crippen LogP) is 5.71. The van der Waals surface area contributed by atoms with Crippen LogP contribution in [-0.2, 0) is 0 Å². The fourth-order valence-corrected chi connectivity index (χ4v) is 3.28. The number of aromatic amines is 1. The normalized spacial score (nSPS) is 11.3. The van der Waals surface area contributed by atoms with Gasteiger partial charge in [0.25, 0.3) is 0 Å². The minimum Gasteiger partial charge on any atom is -0.333 e. The number of imidazole rings is 1. The average Bonchev–Trinajstić information content (AvgIpc) is 2.83. The van der Waals surface area contributed by atoms with Crippen molar-refractivity contribution in [2.45, 2.75) is 63.9 Å². The smallest absolute Gasteiger partial charge is 0.166 e. The van der Waals surface area contributed by atoms with Gasteiger partial charge >= 0.3 is 0 Å². The highest BCUT2D eigenvalue weighted by Crippen LogP contribution is 2.21. The first kappa shape index (κ1) is 15.4. The number of nitrogens with zero attached hydrogens (tertiary/aromatic N) is 1. The van der Waals surface area contributed by atoms with Gasteiger partial charge in [-0.2, -0.15) is 0 Å². The number of aromatic nitrogens is 2. The standard InChI is InChI=1S/C17H26N2S/c1-3-4-5-6-7-8-9-12-20-17-18-15-11-10-14(2)13-16(15)19-17/h10-11,13H,3-9,12H2,1-2H3,(H,18,19). The van der Waals surface area contributed by atoms with Gasteiger partial charge in [-0.1, -0.05) is 63.3 Å². The van der Waals surface area contributed by atoms with Crippen molar-refractivity contribution in [3.05, 3.63) is 23.8 Å². The number of unbranched alkanes of at least 4 members (excludes halogenated alkanes) is 6. The van der Waals surface area contributed by atoms with E-state index in [4.69, 9.17) is 0 Å². The van der Waals surface area contributed by atoms with Gasteiger partial charge in [0.05, 0.1) is 11.0 Å². The van der Waals surface area contributed by atoms with Crippen molar-refractivity contribution in [2.24, 2.45) is 0 Å². The number of benzene rings is 1. The van der Waals surface area contributed by atoms with Crippen LogP contribution in [0.15, 0.2) is 23.4 Å². The van der Waals surface area contributed by atoms with Crippen LogP contribution in [0.4, 0.5) is 0 Å². The second kappa shape index (κ2) is 8.35. The van der Waals surface area contributed by atoms with Crippen molar-refractivity contribution in [1.29, 1.82) is 0 Å². The van der Waals surface area contributed by atoms with Crippen molar-refractivity contribution < 1.29 is 0 Å². The van der Waals surface area contributed by atoms with E-state index in [9.17, 15) is 0 Å². The molecule has 0 saturated heterocycles. The summed E-state index contributed by atoms with van der Waals surface area (Å²) in [5, 5.41) is 1.07. The van der Waals surface area contributed by atoms with E-state index in [0.717, 1.165) is 16.2 Å². The molecule has 1 aromatic carbocycles. The van der Waals surface area contributed by atoms with Gasteiger partial charge in [0.2, 0.25) is 0 Å². The Bertz CT molecular complexity index is 519. The number of nitrogens with one attached hydrogen (secondary N) is 1. The Morgan fingerprint density at radius 3 is 2.60 bits per heavy atom. The molecule has 0 atom stereocenters. The third-order valence-electron chi connectivity index (χ3n) is 3.60. The minimum absolute atomic E-state index is 1.07. The molecule has 1 aromatic heterocycles. The number of thioether (sulfide) groups is 1. The van der Waals surface area contributed by atoms with Gasteiger partial charge in [0.1, 0.15) is 0 Å². The van der Waals surface area contributed by atoms with Gasteiger partial charge < -0.3 is 4.98 Å². The summed E-state index contributed by atoms with van der Waals surface area (Å²) in [4.78, 5) is 8.03. The first-order chi connectivity index (χ1) is 9.79. The Hall–Kier alpha value is -0.960. The molecule has 20 heavy (non-hydrogen) atoms. The lowest BCUT2D eigenvalue weighted by Gasteiger charge is -2.00. The van der Waals surface area contributed by atoms with E-state index >= 15 is 0 Å². The number of hydrogen-bond donors (Lipinski definition) is 1. The summed E-state index contributed by atoms with van der Waals surface area (Å²) >= 11 is 1.85. The SMILES string of the molecule is CCCCCCCCCSc1nc2ccc(C)cc2[nH]1. The molecule has 110 valence electrons. The lowest BCUT2D eigenvalue weighted by Crippen LogP contribution is -1.84. The molecule has 0 saturated carbocycles. The predicted molar refractivity (Wildman–Crippen MR) is 89.5 cm³/mol. The molecular weight excluding hydrogens is 264 g/mol. The molecule has 1 N–H and O–H groups in total. The van der Waals surface area contributed by atoms with Crippen molar-refractivity contribution >= 4 is 22.8 Å². The summed E-state index contributed by atoms with van der Waals surface area (Å²) in [5.41, 5.74) is 3.52. The second-order valence-corrected chi connectivity index (χ2v) is 6.62. The number of H-pyrrole nitrogens is 1. The Morgan fingerprint density at radius 2 is 1.80 bits per heavy atom. The van der Waals surface area contributed by atoms with E-state index in [-0.39, 0.29) is 0 Å². The Balaban J connectivity index is 1.65. The van der Waals surface area contributed by atoms with Crippen LogP contribution in [0.2, 0.25) is 0 Å². The zero-order valence-electron chi connectivity index (χ0n) is 12.7. The molecule has 0 aliphatic rings. The van der Waals surface area contributed by atoms with Crippen LogP contribution in [0.25, 0.3) is 11.0 Å². The minimum atomic E-state index is 1.07. The molecule has 0 amide bonds. The van der Waals surface area contributed by atoms with E-state index in [0.29, 0.717) is 0 Å². The number of fused-ring (bicyclic) bond motifs is 1. The van der Waals surface area contributed by atoms with E-state index in [2.05, 4.69) is 42.0 Å². The zero-order chi connectivity index (χ0) is 14.2. The Labute approximate surface area is 126 Å². The zero-order valence-corrected chi connectivity index (χ0v) is 13.6. The summed E-state index contributed by atoms with van der Waals surface area (Å²) in [7, 11) is 0. The summed E-state index contributed by atoms with van der Waals surface area (Å²) in [6, 6.07) is 6.38. The quantitative estimate of drug-likeness (QED) is 0.473. The van der Waals surface area contributed by atoms with Gasteiger partial charge in [-0.3, -0.25) is 0 Å². The van der Waals surface area contributed by atoms with E-state index in [1.165, 1.54) is 56.3 Å². The molecule has 0 aliphatic carbocycles. The monoisotopic (exact) mass is 290 g/mol. The first-order valence-corrected chi connectivity index (χ1v) is 8.87. The number of hydrogen-bond acceptors (Lipinski definition) is 2. The lowest BCUT2D eigenvalue weighted by atomic mass is 10.1. The Morgan fingerprint density at radius 1 is 1.05 bits per heavy atom. The van der Waals surface area contributed by atoms with Gasteiger partial charge in [0.15, 0.2) is 5.16 Å². The van der Waals surface area contributed by atoms with Gasteiger partial charge in [-0.25, -0.2) is 4.98 Å². The molecule has 2 aromatic rings. The molecule has 0 unspecified atom stereocenters. The van der Waals surface area contributed by atoms with Crippen molar-refractivity contribution in [3.63, 3.8) is 0 Å². The highest BCUT2D eigenvalue weighted by Gasteiger charge is 2.03. The van der Waals surface area contributed by atoms with E-state index in [1.54, 1.807) is 0 Å². The lowest BCUT2D eigenvalue weighted by molar-refractivity contribution is 0.603. The summed E-state index contributed by atoms with van der Waals surface area (Å²) in [6.45, 7) is 4.39. The fraction of sp³-hybridized carbons (Fsp3) is 0.588. The maximum atomic E-state index is 4.62. The van der Waals surface area contributed by atoms with Gasteiger partial charge in [-0.15, -0.1) is 0 Å². The van der Waals surface area contributed by atoms with Crippen LogP contribution in [0.5, 0.6) is 0 Å². The molecule has 1 heterocycles. The van der Waals surface area contributed by atoms with E-state index < -0.39 is 0 Å². The van der Waals surface area contributed by atoms with Crippen LogP contribution < -0.4 is 0 Å². The first-order valence-electron chi connectivity index (χ1n) is 7.89. The van der Waals surface area contributed by atoms with Gasteiger partial charge in [0, 0.05) is 5.75 Å². The fourth-order valence-electron chi connectivity index (χ4n) is 2.40. The molecule has 0 spiro atoms. The van der Waals surface area contributed by atoms with Crippen LogP contribution >= 0.6 is 11.8 Å². The number of aryl methyl sites for hydroxylation is 1. The van der Waals surface area contributed by atoms with Crippen LogP contribution in [0.1, 0.15) is 57.4 Å². The average molecular weight is 290 g/mol. The molecule has 0 fully saturated rings. The topological polar surface area (TPSA) is 28.7 Å². The number of rotatable bonds is 9. The molecule has 2 nitrogen and oxygen atoms in total. The van der Waals surface area contributed by atoms with Crippen molar-refractivity contribution in [3.8, 4) is 0 Å². The highest BCUT2D eigenvalue weighted by atomic mass is 32.2. The molecular formula is C17H26N2S.